The van der Waals surface area contributed by atoms with E-state index in [9.17, 15) is 28.5 Å². The molecule has 0 atom stereocenters. The van der Waals surface area contributed by atoms with Gasteiger partial charge in [-0.25, -0.2) is 23.3 Å². The van der Waals surface area contributed by atoms with Gasteiger partial charge in [0.05, 0.1) is 16.2 Å². The van der Waals surface area contributed by atoms with Crippen molar-refractivity contribution in [2.75, 3.05) is 16.8 Å². The van der Waals surface area contributed by atoms with Crippen molar-refractivity contribution in [2.45, 2.75) is 9.92 Å². The second-order valence-corrected chi connectivity index (χ2v) is 8.97. The zero-order valence-electron chi connectivity index (χ0n) is 16.8. The molecule has 0 aliphatic carbocycles. The van der Waals surface area contributed by atoms with E-state index in [0.29, 0.717) is 5.69 Å². The van der Waals surface area contributed by atoms with Crippen molar-refractivity contribution in [1.29, 1.82) is 10.5 Å². The van der Waals surface area contributed by atoms with Gasteiger partial charge in [0, 0.05) is 5.69 Å². The fraction of sp³-hybridized carbons (Fsp3) is 0.111. The molecule has 0 spiro atoms. The predicted molar refractivity (Wildman–Crippen MR) is 115 cm³/mol. The molecule has 0 radical (unpaired) electrons. The SMILES string of the molecule is C[n+]1[nH]oc(=O)c1-c1c(C#N)c(N)nc(SCC(=O)Nc2ccc(S(N)(=O)=O)cc2)c1C#N. The average Bonchev–Trinajstić information content (AvgIpc) is 3.09. The number of hydrogen-bond donors (Lipinski definition) is 4. The average molecular weight is 488 g/mol. The maximum atomic E-state index is 12.4. The van der Waals surface area contributed by atoms with Crippen molar-refractivity contribution in [3.05, 3.63) is 45.8 Å². The number of aromatic nitrogens is 3. The van der Waals surface area contributed by atoms with Crippen LogP contribution >= 0.6 is 11.8 Å². The van der Waals surface area contributed by atoms with Gasteiger partial charge in [0.15, 0.2) is 7.05 Å². The van der Waals surface area contributed by atoms with E-state index in [4.69, 9.17) is 15.4 Å². The predicted octanol–water partition coefficient (Wildman–Crippen LogP) is -0.442. The van der Waals surface area contributed by atoms with Gasteiger partial charge in [-0.15, -0.1) is 0 Å². The molecule has 3 aromatic rings. The zero-order valence-corrected chi connectivity index (χ0v) is 18.5. The number of carbonyl (C=O) groups is 1. The topological polar surface area (TPSA) is 226 Å². The number of anilines is 2. The van der Waals surface area contributed by atoms with E-state index in [1.54, 1.807) is 0 Å². The summed E-state index contributed by atoms with van der Waals surface area (Å²) < 4.78 is 28.5. The second-order valence-electron chi connectivity index (χ2n) is 6.45. The van der Waals surface area contributed by atoms with Gasteiger partial charge in [0.1, 0.15) is 34.1 Å². The van der Waals surface area contributed by atoms with Gasteiger partial charge < -0.3 is 11.1 Å². The van der Waals surface area contributed by atoms with Crippen LogP contribution in [0.3, 0.4) is 0 Å². The third-order valence-electron chi connectivity index (χ3n) is 4.26. The Kier molecular flexibility index (Phi) is 6.50. The summed E-state index contributed by atoms with van der Waals surface area (Å²) in [6.07, 6.45) is 0. The van der Waals surface area contributed by atoms with E-state index < -0.39 is 21.6 Å². The van der Waals surface area contributed by atoms with E-state index in [1.165, 1.54) is 36.0 Å². The quantitative estimate of drug-likeness (QED) is 0.259. The molecular formula is C18H15N8O5S2+. The van der Waals surface area contributed by atoms with Crippen molar-refractivity contribution < 1.29 is 22.4 Å². The van der Waals surface area contributed by atoms with Gasteiger partial charge >= 0.3 is 11.3 Å². The first-order valence-corrected chi connectivity index (χ1v) is 11.4. The summed E-state index contributed by atoms with van der Waals surface area (Å²) >= 11 is 0.860. The summed E-state index contributed by atoms with van der Waals surface area (Å²) in [6.45, 7) is 0. The molecule has 0 aliphatic rings. The van der Waals surface area contributed by atoms with Crippen molar-refractivity contribution in [3.63, 3.8) is 0 Å². The number of carbonyl (C=O) groups excluding carboxylic acids is 1. The third kappa shape index (κ3) is 4.85. The van der Waals surface area contributed by atoms with Crippen LogP contribution in [0.5, 0.6) is 0 Å². The first-order valence-electron chi connectivity index (χ1n) is 8.83. The van der Waals surface area contributed by atoms with Gasteiger partial charge in [-0.3, -0.25) is 9.32 Å². The number of amides is 1. The lowest BCUT2D eigenvalue weighted by Gasteiger charge is -2.10. The summed E-state index contributed by atoms with van der Waals surface area (Å²) in [5.41, 5.74) is 4.88. The van der Waals surface area contributed by atoms with Crippen molar-refractivity contribution in [3.8, 4) is 23.4 Å². The monoisotopic (exact) mass is 487 g/mol. The molecular weight excluding hydrogens is 472 g/mol. The summed E-state index contributed by atoms with van der Waals surface area (Å²) in [5, 5.41) is 29.1. The van der Waals surface area contributed by atoms with Crippen LogP contribution in [0.2, 0.25) is 0 Å². The number of aromatic amines is 1. The van der Waals surface area contributed by atoms with Crippen LogP contribution in [0.4, 0.5) is 11.5 Å². The Morgan fingerprint density at radius 1 is 1.27 bits per heavy atom. The van der Waals surface area contributed by atoms with Gasteiger partial charge in [0.25, 0.3) is 0 Å². The molecule has 2 aromatic heterocycles. The lowest BCUT2D eigenvalue weighted by molar-refractivity contribution is -0.730. The molecule has 1 amide bonds. The molecule has 0 saturated heterocycles. The Morgan fingerprint density at radius 3 is 2.42 bits per heavy atom. The standard InChI is InChI=1S/C18H14N8O5S2/c1-26-15(18(28)31-25-26)14-11(6-19)16(21)24-17(12(14)7-20)32-8-13(27)23-9-2-4-10(5-3-9)33(22,29)30/h2-5H,8H2,1H3,(H5-,21,22,23,24,25,27,28,29,30)/p+1. The van der Waals surface area contributed by atoms with Gasteiger partial charge in [-0.05, 0) is 29.5 Å². The van der Waals surface area contributed by atoms with Crippen LogP contribution < -0.4 is 26.5 Å². The van der Waals surface area contributed by atoms with Crippen LogP contribution in [-0.2, 0) is 21.9 Å². The zero-order chi connectivity index (χ0) is 24.3. The minimum atomic E-state index is -3.86. The van der Waals surface area contributed by atoms with E-state index in [1.807, 2.05) is 12.1 Å². The Bertz CT molecular complexity index is 1490. The molecule has 0 fully saturated rings. The van der Waals surface area contributed by atoms with E-state index in [2.05, 4.69) is 15.6 Å². The van der Waals surface area contributed by atoms with Gasteiger partial charge in [-0.2, -0.15) is 10.5 Å². The number of nitrogen functional groups attached to an aromatic ring is 1. The highest BCUT2D eigenvalue weighted by molar-refractivity contribution is 8.00. The Labute approximate surface area is 190 Å². The fourth-order valence-corrected chi connectivity index (χ4v) is 4.12. The van der Waals surface area contributed by atoms with Crippen LogP contribution in [0.25, 0.3) is 11.3 Å². The smallest absolute Gasteiger partial charge is 0.383 e. The molecule has 168 valence electrons. The highest BCUT2D eigenvalue weighted by atomic mass is 32.2. The summed E-state index contributed by atoms with van der Waals surface area (Å²) in [6, 6.07) is 8.95. The number of thioether (sulfide) groups is 1. The van der Waals surface area contributed by atoms with Crippen LogP contribution in [0, 0.1) is 22.7 Å². The Hall–Kier alpha value is -4.18. The number of rotatable bonds is 6. The first kappa shape index (κ1) is 23.5. The molecule has 6 N–H and O–H groups in total. The van der Waals surface area contributed by atoms with E-state index >= 15 is 0 Å². The number of pyridine rings is 1. The molecule has 3 rings (SSSR count). The number of nitrogens with one attached hydrogen (secondary N) is 2. The number of H-pyrrole nitrogens is 1. The van der Waals surface area contributed by atoms with Crippen molar-refractivity contribution in [2.24, 2.45) is 12.2 Å². The molecule has 0 aliphatic heterocycles. The number of benzene rings is 1. The highest BCUT2D eigenvalue weighted by Crippen LogP contribution is 2.33. The third-order valence-corrected chi connectivity index (χ3v) is 6.17. The fourth-order valence-electron chi connectivity index (χ4n) is 2.81. The van der Waals surface area contributed by atoms with Gasteiger partial charge in [0.2, 0.25) is 15.9 Å². The molecule has 0 saturated carbocycles. The Balaban J connectivity index is 1.89. The van der Waals surface area contributed by atoms with Crippen molar-refractivity contribution >= 4 is 39.2 Å². The number of sulfonamides is 1. The molecule has 2 heterocycles. The number of nitrogens with two attached hydrogens (primary N) is 2. The van der Waals surface area contributed by atoms with Gasteiger partial charge in [-0.1, -0.05) is 16.4 Å². The maximum Gasteiger partial charge on any atom is 0.435 e. The number of nitrogens with zero attached hydrogens (tertiary/aromatic N) is 4. The number of aryl methyl sites for hydroxylation is 1. The molecule has 13 nitrogen and oxygen atoms in total. The molecule has 1 aromatic carbocycles. The highest BCUT2D eigenvalue weighted by Gasteiger charge is 2.31. The lowest BCUT2D eigenvalue weighted by atomic mass is 10.0. The number of primary sulfonamides is 1. The van der Waals surface area contributed by atoms with Crippen LogP contribution in [0.15, 0.2) is 43.5 Å². The van der Waals surface area contributed by atoms with Crippen LogP contribution in [0.1, 0.15) is 11.1 Å². The van der Waals surface area contributed by atoms with Crippen molar-refractivity contribution in [1.82, 2.24) is 10.3 Å². The molecule has 0 unspecified atom stereocenters. The normalized spacial score (nSPS) is 10.9. The molecule has 15 heteroatoms. The van der Waals surface area contributed by atoms with E-state index in [-0.39, 0.29) is 43.9 Å². The maximum absolute atomic E-state index is 12.4. The summed E-state index contributed by atoms with van der Waals surface area (Å²) in [5.74, 6) is -0.934. The number of hydrogen-bond acceptors (Lipinski definition) is 10. The summed E-state index contributed by atoms with van der Waals surface area (Å²) in [7, 11) is -2.42. The minimum Gasteiger partial charge on any atom is -0.383 e. The molecule has 0 bridgehead atoms. The first-order chi connectivity index (χ1) is 15.6. The largest absolute Gasteiger partial charge is 0.435 e. The molecule has 33 heavy (non-hydrogen) atoms. The number of nitriles is 2. The Morgan fingerprint density at radius 2 is 1.91 bits per heavy atom. The minimum absolute atomic E-state index is 0.0318. The second kappa shape index (κ2) is 9.13. The lowest BCUT2D eigenvalue weighted by Crippen LogP contribution is -2.34. The van der Waals surface area contributed by atoms with E-state index in [0.717, 1.165) is 11.8 Å². The van der Waals surface area contributed by atoms with Crippen LogP contribution in [-0.4, -0.2) is 30.3 Å². The summed E-state index contributed by atoms with van der Waals surface area (Å²) in [4.78, 5) is 28.4.